The second-order valence-corrected chi connectivity index (χ2v) is 6.88. The van der Waals surface area contributed by atoms with Gasteiger partial charge in [0.15, 0.2) is 0 Å². The normalized spacial score (nSPS) is 19.0. The van der Waals surface area contributed by atoms with Gasteiger partial charge in [0.25, 0.3) is 0 Å². The van der Waals surface area contributed by atoms with E-state index in [0.29, 0.717) is 6.04 Å². The minimum absolute atomic E-state index is 0.628. The van der Waals surface area contributed by atoms with Crippen molar-refractivity contribution in [2.24, 2.45) is 0 Å². The van der Waals surface area contributed by atoms with Gasteiger partial charge in [-0.15, -0.1) is 0 Å². The average molecular weight is 339 g/mol. The lowest BCUT2D eigenvalue weighted by Crippen LogP contribution is -2.63. The molecule has 0 radical (unpaired) electrons. The monoisotopic (exact) mass is 339 g/mol. The van der Waals surface area contributed by atoms with Crippen molar-refractivity contribution in [2.75, 3.05) is 68.1 Å². The van der Waals surface area contributed by atoms with Crippen molar-refractivity contribution in [3.8, 4) is 0 Å². The van der Waals surface area contributed by atoms with E-state index < -0.39 is 0 Å². The van der Waals surface area contributed by atoms with Crippen LogP contribution in [0.2, 0.25) is 0 Å². The van der Waals surface area contributed by atoms with Crippen molar-refractivity contribution in [3.05, 3.63) is 36.7 Å². The predicted octanol–water partition coefficient (Wildman–Crippen LogP) is 0.948. The smallest absolute Gasteiger partial charge is 0.226 e. The minimum Gasteiger partial charge on any atom is -0.354 e. The molecule has 2 aliphatic rings. The first kappa shape index (κ1) is 16.1. The number of anilines is 3. The summed E-state index contributed by atoms with van der Waals surface area (Å²) in [6, 6.07) is 8.75. The molecule has 7 nitrogen and oxygen atoms in total. The van der Waals surface area contributed by atoms with Gasteiger partial charge in [-0.05, 0) is 18.2 Å². The second kappa shape index (κ2) is 6.84. The number of piperazine rings is 1. The SMILES string of the molecule is CN(C)c1nccc(N2CC(N3CCN(c4ccccn4)CC3)C2)n1. The molecule has 0 amide bonds. The zero-order valence-corrected chi connectivity index (χ0v) is 14.9. The summed E-state index contributed by atoms with van der Waals surface area (Å²) in [6.07, 6.45) is 3.71. The van der Waals surface area contributed by atoms with Crippen LogP contribution in [-0.4, -0.2) is 79.3 Å². The Hall–Kier alpha value is -2.41. The summed E-state index contributed by atoms with van der Waals surface area (Å²) in [5.41, 5.74) is 0. The summed E-state index contributed by atoms with van der Waals surface area (Å²) >= 11 is 0. The van der Waals surface area contributed by atoms with Crippen LogP contribution in [0.1, 0.15) is 0 Å². The van der Waals surface area contributed by atoms with Gasteiger partial charge in [0.2, 0.25) is 5.95 Å². The van der Waals surface area contributed by atoms with E-state index in [0.717, 1.165) is 56.9 Å². The number of rotatable bonds is 4. The third-order valence-electron chi connectivity index (χ3n) is 5.02. The van der Waals surface area contributed by atoms with Gasteiger partial charge in [-0.3, -0.25) is 4.90 Å². The average Bonchev–Trinajstić information content (AvgIpc) is 2.62. The lowest BCUT2D eigenvalue weighted by molar-refractivity contribution is 0.156. The lowest BCUT2D eigenvalue weighted by atomic mass is 10.1. The summed E-state index contributed by atoms with van der Waals surface area (Å²) in [6.45, 7) is 6.39. The van der Waals surface area contributed by atoms with Gasteiger partial charge in [0, 0.05) is 71.8 Å². The Morgan fingerprint density at radius 1 is 0.880 bits per heavy atom. The van der Waals surface area contributed by atoms with Gasteiger partial charge in [0.1, 0.15) is 11.6 Å². The van der Waals surface area contributed by atoms with Crippen molar-refractivity contribution >= 4 is 17.6 Å². The summed E-state index contributed by atoms with van der Waals surface area (Å²) in [5, 5.41) is 0. The third-order valence-corrected chi connectivity index (χ3v) is 5.02. The number of aromatic nitrogens is 3. The van der Waals surface area contributed by atoms with Crippen molar-refractivity contribution in [1.29, 1.82) is 0 Å². The molecule has 0 aliphatic carbocycles. The van der Waals surface area contributed by atoms with Crippen LogP contribution < -0.4 is 14.7 Å². The Bertz CT molecular complexity index is 692. The molecule has 2 aliphatic heterocycles. The van der Waals surface area contributed by atoms with E-state index in [4.69, 9.17) is 0 Å². The summed E-state index contributed by atoms with van der Waals surface area (Å²) in [5.74, 6) is 2.89. The topological polar surface area (TPSA) is 51.6 Å². The van der Waals surface area contributed by atoms with E-state index >= 15 is 0 Å². The van der Waals surface area contributed by atoms with Crippen LogP contribution in [0.5, 0.6) is 0 Å². The molecule has 2 saturated heterocycles. The molecule has 0 aromatic carbocycles. The first-order valence-electron chi connectivity index (χ1n) is 8.86. The molecule has 4 heterocycles. The van der Waals surface area contributed by atoms with Gasteiger partial charge in [-0.25, -0.2) is 9.97 Å². The van der Waals surface area contributed by atoms with Gasteiger partial charge in [0.05, 0.1) is 0 Å². The molecule has 0 unspecified atom stereocenters. The van der Waals surface area contributed by atoms with E-state index in [1.807, 2.05) is 43.5 Å². The molecule has 0 spiro atoms. The van der Waals surface area contributed by atoms with E-state index in [1.54, 1.807) is 0 Å². The molecule has 25 heavy (non-hydrogen) atoms. The Morgan fingerprint density at radius 2 is 1.68 bits per heavy atom. The number of pyridine rings is 1. The summed E-state index contributed by atoms with van der Waals surface area (Å²) in [7, 11) is 3.94. The molecule has 0 atom stereocenters. The van der Waals surface area contributed by atoms with Gasteiger partial charge in [-0.2, -0.15) is 4.98 Å². The highest BCUT2D eigenvalue weighted by Crippen LogP contribution is 2.24. The molecule has 2 aromatic heterocycles. The number of hydrogen-bond acceptors (Lipinski definition) is 7. The first-order valence-corrected chi connectivity index (χ1v) is 8.86. The fourth-order valence-corrected chi connectivity index (χ4v) is 3.46. The fraction of sp³-hybridized carbons (Fsp3) is 0.500. The Kier molecular flexibility index (Phi) is 4.40. The van der Waals surface area contributed by atoms with Crippen LogP contribution in [-0.2, 0) is 0 Å². The Morgan fingerprint density at radius 3 is 2.36 bits per heavy atom. The standard InChI is InChI=1S/C18H25N7/c1-22(2)18-20-8-6-17(21-18)25-13-15(14-25)23-9-11-24(12-10-23)16-5-3-4-7-19-16/h3-8,15H,9-14H2,1-2H3. The first-order chi connectivity index (χ1) is 12.2. The van der Waals surface area contributed by atoms with Crippen molar-refractivity contribution in [2.45, 2.75) is 6.04 Å². The molecule has 2 fully saturated rings. The van der Waals surface area contributed by atoms with E-state index in [9.17, 15) is 0 Å². The zero-order chi connectivity index (χ0) is 17.2. The molecular formula is C18H25N7. The van der Waals surface area contributed by atoms with Crippen LogP contribution in [0, 0.1) is 0 Å². The molecule has 0 N–H and O–H groups in total. The molecule has 7 heteroatoms. The Labute approximate surface area is 148 Å². The largest absolute Gasteiger partial charge is 0.354 e. The van der Waals surface area contributed by atoms with Gasteiger partial charge < -0.3 is 14.7 Å². The molecule has 2 aromatic rings. The van der Waals surface area contributed by atoms with Crippen LogP contribution >= 0.6 is 0 Å². The molecule has 4 rings (SSSR count). The highest BCUT2D eigenvalue weighted by atomic mass is 15.4. The maximum atomic E-state index is 4.63. The summed E-state index contributed by atoms with van der Waals surface area (Å²) in [4.78, 5) is 22.6. The maximum absolute atomic E-state index is 4.63. The summed E-state index contributed by atoms with van der Waals surface area (Å²) < 4.78 is 0. The quantitative estimate of drug-likeness (QED) is 0.822. The maximum Gasteiger partial charge on any atom is 0.226 e. The molecule has 132 valence electrons. The predicted molar refractivity (Wildman–Crippen MR) is 100 cm³/mol. The van der Waals surface area contributed by atoms with Crippen LogP contribution in [0.25, 0.3) is 0 Å². The van der Waals surface area contributed by atoms with Crippen LogP contribution in [0.4, 0.5) is 17.6 Å². The van der Waals surface area contributed by atoms with Crippen molar-refractivity contribution in [3.63, 3.8) is 0 Å². The van der Waals surface area contributed by atoms with Crippen LogP contribution in [0.15, 0.2) is 36.7 Å². The lowest BCUT2D eigenvalue weighted by Gasteiger charge is -2.48. The van der Waals surface area contributed by atoms with E-state index in [-0.39, 0.29) is 0 Å². The minimum atomic E-state index is 0.628. The highest BCUT2D eigenvalue weighted by Gasteiger charge is 2.34. The van der Waals surface area contributed by atoms with E-state index in [2.05, 4.69) is 41.8 Å². The number of hydrogen-bond donors (Lipinski definition) is 0. The molecule has 0 saturated carbocycles. The Balaban J connectivity index is 1.30. The van der Waals surface area contributed by atoms with Gasteiger partial charge >= 0.3 is 0 Å². The number of nitrogens with zero attached hydrogens (tertiary/aromatic N) is 7. The third kappa shape index (κ3) is 3.37. The second-order valence-electron chi connectivity index (χ2n) is 6.88. The van der Waals surface area contributed by atoms with Crippen LogP contribution in [0.3, 0.4) is 0 Å². The van der Waals surface area contributed by atoms with E-state index in [1.165, 1.54) is 0 Å². The molecular weight excluding hydrogens is 314 g/mol. The van der Waals surface area contributed by atoms with Gasteiger partial charge in [-0.1, -0.05) is 6.07 Å². The van der Waals surface area contributed by atoms with Crippen molar-refractivity contribution in [1.82, 2.24) is 19.9 Å². The molecule has 0 bridgehead atoms. The zero-order valence-electron chi connectivity index (χ0n) is 14.9. The highest BCUT2D eigenvalue weighted by molar-refractivity contribution is 5.46. The fourth-order valence-electron chi connectivity index (χ4n) is 3.46. The van der Waals surface area contributed by atoms with Crippen molar-refractivity contribution < 1.29 is 0 Å².